The van der Waals surface area contributed by atoms with Crippen molar-refractivity contribution in [2.45, 2.75) is 19.3 Å². The summed E-state index contributed by atoms with van der Waals surface area (Å²) >= 11 is 0. The Morgan fingerprint density at radius 2 is 1.12 bits per heavy atom. The molecule has 1 aliphatic rings. The summed E-state index contributed by atoms with van der Waals surface area (Å²) in [6, 6.07) is 46.1. The van der Waals surface area contributed by atoms with Gasteiger partial charge in [0.2, 0.25) is 0 Å². The van der Waals surface area contributed by atoms with E-state index in [0.29, 0.717) is 5.82 Å². The molecule has 3 heteroatoms. The van der Waals surface area contributed by atoms with E-state index in [-0.39, 0.29) is 5.41 Å². The highest BCUT2D eigenvalue weighted by Crippen LogP contribution is 2.50. The number of hydrogen-bond donors (Lipinski definition) is 0. The summed E-state index contributed by atoms with van der Waals surface area (Å²) in [5.41, 5.74) is 12.4. The van der Waals surface area contributed by atoms with Crippen LogP contribution in [0.15, 0.2) is 127 Å². The molecule has 0 unspecified atom stereocenters. The minimum absolute atomic E-state index is 0.139. The molecule has 0 fully saturated rings. The van der Waals surface area contributed by atoms with E-state index < -0.39 is 0 Å². The van der Waals surface area contributed by atoms with E-state index in [1.54, 1.807) is 0 Å². The summed E-state index contributed by atoms with van der Waals surface area (Å²) < 4.78 is 0. The van der Waals surface area contributed by atoms with Crippen LogP contribution in [0.4, 0.5) is 0 Å². The summed E-state index contributed by atoms with van der Waals surface area (Å²) in [4.78, 5) is 9.88. The van der Waals surface area contributed by atoms with Crippen LogP contribution in [0, 0.1) is 11.3 Å². The predicted molar refractivity (Wildman–Crippen MR) is 166 cm³/mol. The van der Waals surface area contributed by atoms with Crippen molar-refractivity contribution in [3.8, 4) is 62.2 Å². The van der Waals surface area contributed by atoms with E-state index in [1.165, 1.54) is 11.1 Å². The highest BCUT2D eigenvalue weighted by atomic mass is 14.9. The molecule has 0 N–H and O–H groups in total. The number of nitrogens with zero attached hydrogens (tertiary/aromatic N) is 3. The van der Waals surface area contributed by atoms with E-state index in [4.69, 9.17) is 9.97 Å². The third-order valence-electron chi connectivity index (χ3n) is 8.16. The molecule has 0 saturated carbocycles. The SMILES string of the molecule is CC1(C)c2ccc(-c3ccc(-c4cc(-c5ccccc5)nc(-c5ccccc5)n4)cc3)cc2-c2c(C#N)cccc21. The highest BCUT2D eigenvalue weighted by Gasteiger charge is 2.36. The first kappa shape index (κ1) is 24.7. The van der Waals surface area contributed by atoms with Gasteiger partial charge in [-0.3, -0.25) is 0 Å². The van der Waals surface area contributed by atoms with Crippen LogP contribution in [0.1, 0.15) is 30.5 Å². The fourth-order valence-electron chi connectivity index (χ4n) is 5.98. The molecule has 0 saturated heterocycles. The van der Waals surface area contributed by atoms with Crippen LogP contribution in [0.2, 0.25) is 0 Å². The van der Waals surface area contributed by atoms with E-state index >= 15 is 0 Å². The van der Waals surface area contributed by atoms with Crippen LogP contribution >= 0.6 is 0 Å². The van der Waals surface area contributed by atoms with Gasteiger partial charge in [-0.25, -0.2) is 9.97 Å². The number of benzene rings is 5. The molecule has 3 nitrogen and oxygen atoms in total. The number of aromatic nitrogens is 2. The van der Waals surface area contributed by atoms with Gasteiger partial charge < -0.3 is 0 Å². The van der Waals surface area contributed by atoms with Gasteiger partial charge in [0, 0.05) is 27.7 Å². The molecule has 0 aliphatic heterocycles. The lowest BCUT2D eigenvalue weighted by Crippen LogP contribution is -2.14. The van der Waals surface area contributed by atoms with Gasteiger partial charge in [-0.15, -0.1) is 0 Å². The smallest absolute Gasteiger partial charge is 0.160 e. The Kier molecular flexibility index (Phi) is 5.84. The normalized spacial score (nSPS) is 12.8. The van der Waals surface area contributed by atoms with E-state index in [1.807, 2.05) is 60.7 Å². The van der Waals surface area contributed by atoms with Crippen LogP contribution in [-0.4, -0.2) is 9.97 Å². The topological polar surface area (TPSA) is 49.6 Å². The maximum atomic E-state index is 9.85. The molecule has 0 spiro atoms. The van der Waals surface area contributed by atoms with Crippen LogP contribution in [0.3, 0.4) is 0 Å². The average Bonchev–Trinajstić information content (AvgIpc) is 3.27. The van der Waals surface area contributed by atoms with E-state index in [9.17, 15) is 5.26 Å². The van der Waals surface area contributed by atoms with E-state index in [0.717, 1.165) is 55.9 Å². The Morgan fingerprint density at radius 3 is 1.78 bits per heavy atom. The van der Waals surface area contributed by atoms with Crippen LogP contribution in [0.5, 0.6) is 0 Å². The monoisotopic (exact) mass is 525 g/mol. The second-order valence-corrected chi connectivity index (χ2v) is 11.0. The van der Waals surface area contributed by atoms with Crippen molar-refractivity contribution in [2.24, 2.45) is 0 Å². The lowest BCUT2D eigenvalue weighted by Gasteiger charge is -2.21. The third-order valence-corrected chi connectivity index (χ3v) is 8.16. The maximum absolute atomic E-state index is 9.85. The molecule has 0 radical (unpaired) electrons. The predicted octanol–water partition coefficient (Wildman–Crippen LogP) is 9.32. The minimum atomic E-state index is -0.139. The molecular weight excluding hydrogens is 498 g/mol. The minimum Gasteiger partial charge on any atom is -0.228 e. The lowest BCUT2D eigenvalue weighted by atomic mass is 9.82. The second kappa shape index (κ2) is 9.70. The van der Waals surface area contributed by atoms with Crippen molar-refractivity contribution in [1.29, 1.82) is 5.26 Å². The first-order chi connectivity index (χ1) is 20.0. The van der Waals surface area contributed by atoms with Crippen molar-refractivity contribution in [3.63, 3.8) is 0 Å². The molecule has 6 aromatic rings. The highest BCUT2D eigenvalue weighted by molar-refractivity contribution is 5.88. The quantitative estimate of drug-likeness (QED) is 0.230. The zero-order chi connectivity index (χ0) is 28.0. The fraction of sp³-hybridized carbons (Fsp3) is 0.0789. The summed E-state index contributed by atoms with van der Waals surface area (Å²) in [7, 11) is 0. The average molecular weight is 526 g/mol. The Labute approximate surface area is 240 Å². The number of rotatable bonds is 4. The van der Waals surface area contributed by atoms with Crippen LogP contribution in [0.25, 0.3) is 56.2 Å². The summed E-state index contributed by atoms with van der Waals surface area (Å²) in [6.07, 6.45) is 0. The number of hydrogen-bond acceptors (Lipinski definition) is 3. The van der Waals surface area contributed by atoms with Gasteiger partial charge in [0.1, 0.15) is 0 Å². The summed E-state index contributed by atoms with van der Waals surface area (Å²) in [5.74, 6) is 0.708. The van der Waals surface area contributed by atoms with Crippen LogP contribution in [-0.2, 0) is 5.41 Å². The van der Waals surface area contributed by atoms with Crippen molar-refractivity contribution in [2.75, 3.05) is 0 Å². The van der Waals surface area contributed by atoms with Gasteiger partial charge in [-0.2, -0.15) is 5.26 Å². The Balaban J connectivity index is 1.30. The summed E-state index contributed by atoms with van der Waals surface area (Å²) in [5, 5.41) is 9.85. The van der Waals surface area contributed by atoms with Gasteiger partial charge in [-0.1, -0.05) is 123 Å². The van der Waals surface area contributed by atoms with Crippen molar-refractivity contribution in [1.82, 2.24) is 9.97 Å². The number of fused-ring (bicyclic) bond motifs is 3. The third kappa shape index (κ3) is 4.22. The molecule has 5 aromatic carbocycles. The molecule has 7 rings (SSSR count). The van der Waals surface area contributed by atoms with Crippen molar-refractivity contribution >= 4 is 0 Å². The lowest BCUT2D eigenvalue weighted by molar-refractivity contribution is 0.660. The van der Waals surface area contributed by atoms with Gasteiger partial charge in [-0.05, 0) is 46.0 Å². The Hall–Kier alpha value is -5.33. The van der Waals surface area contributed by atoms with Gasteiger partial charge >= 0.3 is 0 Å². The number of nitriles is 1. The van der Waals surface area contributed by atoms with Gasteiger partial charge in [0.25, 0.3) is 0 Å². The Bertz CT molecular complexity index is 1890. The Morgan fingerprint density at radius 1 is 0.537 bits per heavy atom. The second-order valence-electron chi connectivity index (χ2n) is 11.0. The molecule has 0 atom stereocenters. The van der Waals surface area contributed by atoms with E-state index in [2.05, 4.69) is 86.6 Å². The molecule has 0 bridgehead atoms. The zero-order valence-electron chi connectivity index (χ0n) is 23.0. The van der Waals surface area contributed by atoms with Gasteiger partial charge in [0.05, 0.1) is 23.0 Å². The van der Waals surface area contributed by atoms with Gasteiger partial charge in [0.15, 0.2) is 5.82 Å². The molecule has 0 amide bonds. The van der Waals surface area contributed by atoms with Crippen molar-refractivity contribution < 1.29 is 0 Å². The first-order valence-electron chi connectivity index (χ1n) is 13.8. The molecule has 1 heterocycles. The van der Waals surface area contributed by atoms with Crippen LogP contribution < -0.4 is 0 Å². The standard InChI is InChI=1S/C38H27N3/c1-38(2)32-21-20-29(22-31(32)36-30(24-39)14-9-15-33(36)38)25-16-18-27(19-17-25)35-23-34(26-10-5-3-6-11-26)40-37(41-35)28-12-7-4-8-13-28/h3-23H,1-2H3. The zero-order valence-corrected chi connectivity index (χ0v) is 23.0. The van der Waals surface area contributed by atoms with Crippen molar-refractivity contribution in [3.05, 3.63) is 144 Å². The molecule has 41 heavy (non-hydrogen) atoms. The first-order valence-corrected chi connectivity index (χ1v) is 13.8. The fourth-order valence-corrected chi connectivity index (χ4v) is 5.98. The largest absolute Gasteiger partial charge is 0.228 e. The molecule has 1 aromatic heterocycles. The summed E-state index contributed by atoms with van der Waals surface area (Å²) in [6.45, 7) is 4.48. The molecule has 1 aliphatic carbocycles. The molecule has 194 valence electrons. The maximum Gasteiger partial charge on any atom is 0.160 e. The molecular formula is C38H27N3.